The monoisotopic (exact) mass is 361 g/mol. The molecule has 1 heterocycles. The van der Waals surface area contributed by atoms with E-state index in [1.807, 2.05) is 19.1 Å². The van der Waals surface area contributed by atoms with E-state index in [4.69, 9.17) is 16.0 Å². The van der Waals surface area contributed by atoms with E-state index in [-0.39, 0.29) is 10.9 Å². The van der Waals surface area contributed by atoms with Gasteiger partial charge in [0.25, 0.3) is 10.9 Å². The van der Waals surface area contributed by atoms with Crippen molar-refractivity contribution in [1.82, 2.24) is 10.2 Å². The molecular formula is C16H12ClN3O3S. The molecule has 24 heavy (non-hydrogen) atoms. The molecule has 3 aromatic rings. The molecule has 0 radical (unpaired) electrons. The van der Waals surface area contributed by atoms with Crippen LogP contribution in [0.15, 0.2) is 58.2 Å². The van der Waals surface area contributed by atoms with Crippen LogP contribution < -0.4 is 0 Å². The van der Waals surface area contributed by atoms with Crippen molar-refractivity contribution in [1.29, 1.82) is 0 Å². The van der Waals surface area contributed by atoms with Crippen LogP contribution in [-0.2, 0) is 0 Å². The van der Waals surface area contributed by atoms with Gasteiger partial charge in [0.05, 0.1) is 4.92 Å². The van der Waals surface area contributed by atoms with E-state index in [0.29, 0.717) is 16.1 Å². The Hall–Kier alpha value is -2.38. The smallest absolute Gasteiger partial charge is 0.277 e. The molecule has 1 aromatic heterocycles. The summed E-state index contributed by atoms with van der Waals surface area (Å²) in [6.07, 6.45) is 0. The molecule has 0 N–H and O–H groups in total. The van der Waals surface area contributed by atoms with Gasteiger partial charge in [-0.25, -0.2) is 0 Å². The number of hydrogen-bond acceptors (Lipinski definition) is 6. The number of nitro benzene ring substituents is 1. The summed E-state index contributed by atoms with van der Waals surface area (Å²) in [5.41, 5.74) is 1.62. The van der Waals surface area contributed by atoms with Gasteiger partial charge in [-0.3, -0.25) is 10.1 Å². The second kappa shape index (κ2) is 7.02. The highest BCUT2D eigenvalue weighted by molar-refractivity contribution is 7.99. The van der Waals surface area contributed by atoms with Crippen LogP contribution in [0.4, 0.5) is 5.69 Å². The molecule has 122 valence electrons. The molecule has 0 bridgehead atoms. The number of hydrogen-bond donors (Lipinski definition) is 0. The van der Waals surface area contributed by atoms with Crippen molar-refractivity contribution in [3.63, 3.8) is 0 Å². The summed E-state index contributed by atoms with van der Waals surface area (Å²) in [7, 11) is 0. The van der Waals surface area contributed by atoms with Gasteiger partial charge in [-0.15, -0.1) is 10.2 Å². The molecule has 1 atom stereocenters. The van der Waals surface area contributed by atoms with Crippen molar-refractivity contribution in [2.75, 3.05) is 0 Å². The fourth-order valence-electron chi connectivity index (χ4n) is 2.11. The van der Waals surface area contributed by atoms with Crippen LogP contribution in [0.1, 0.15) is 17.7 Å². The second-order valence-corrected chi connectivity index (χ2v) is 6.72. The molecule has 3 rings (SSSR count). The molecule has 0 saturated heterocycles. The summed E-state index contributed by atoms with van der Waals surface area (Å²) in [5.74, 6) is 0.381. The number of non-ortho nitro benzene ring substituents is 1. The number of thioether (sulfide) groups is 1. The molecular weight excluding hydrogens is 350 g/mol. The van der Waals surface area contributed by atoms with Gasteiger partial charge in [0, 0.05) is 28.0 Å². The number of nitro groups is 1. The van der Waals surface area contributed by atoms with E-state index < -0.39 is 4.92 Å². The molecule has 2 aromatic carbocycles. The Labute approximate surface area is 147 Å². The van der Waals surface area contributed by atoms with Gasteiger partial charge in [0.15, 0.2) is 0 Å². The van der Waals surface area contributed by atoms with Crippen LogP contribution in [-0.4, -0.2) is 15.1 Å². The second-order valence-electron chi connectivity index (χ2n) is 5.00. The summed E-state index contributed by atoms with van der Waals surface area (Å²) in [5, 5.41) is 19.8. The maximum Gasteiger partial charge on any atom is 0.277 e. The summed E-state index contributed by atoms with van der Waals surface area (Å²) >= 11 is 7.30. The van der Waals surface area contributed by atoms with E-state index in [1.165, 1.54) is 17.8 Å². The molecule has 0 saturated carbocycles. The lowest BCUT2D eigenvalue weighted by atomic mass is 10.1. The first kappa shape index (κ1) is 16.5. The summed E-state index contributed by atoms with van der Waals surface area (Å²) in [6, 6.07) is 13.7. The summed E-state index contributed by atoms with van der Waals surface area (Å²) < 4.78 is 5.64. The predicted molar refractivity (Wildman–Crippen MR) is 92.1 cm³/mol. The molecule has 0 fully saturated rings. The van der Waals surface area contributed by atoms with Gasteiger partial charge >= 0.3 is 0 Å². The highest BCUT2D eigenvalue weighted by atomic mass is 35.5. The highest BCUT2D eigenvalue weighted by Crippen LogP contribution is 2.36. The third kappa shape index (κ3) is 3.74. The van der Waals surface area contributed by atoms with Crippen molar-refractivity contribution in [3.05, 3.63) is 69.2 Å². The average Bonchev–Trinajstić information content (AvgIpc) is 3.03. The Morgan fingerprint density at radius 1 is 1.21 bits per heavy atom. The quantitative estimate of drug-likeness (QED) is 0.355. The Morgan fingerprint density at radius 2 is 2.00 bits per heavy atom. The van der Waals surface area contributed by atoms with Gasteiger partial charge < -0.3 is 4.42 Å². The number of aromatic nitrogens is 2. The van der Waals surface area contributed by atoms with E-state index in [9.17, 15) is 10.1 Å². The lowest BCUT2D eigenvalue weighted by Crippen LogP contribution is -1.92. The van der Waals surface area contributed by atoms with Gasteiger partial charge in [0.1, 0.15) is 0 Å². The Bertz CT molecular complexity index is 884. The minimum absolute atomic E-state index is 0.0603. The summed E-state index contributed by atoms with van der Waals surface area (Å²) in [6.45, 7) is 1.92. The molecule has 0 amide bonds. The zero-order valence-corrected chi connectivity index (χ0v) is 14.1. The first-order valence-corrected chi connectivity index (χ1v) is 8.29. The normalized spacial score (nSPS) is 12.1. The zero-order chi connectivity index (χ0) is 17.1. The first-order chi connectivity index (χ1) is 11.5. The van der Waals surface area contributed by atoms with E-state index in [0.717, 1.165) is 11.1 Å². The molecule has 0 aliphatic heterocycles. The molecule has 8 heteroatoms. The van der Waals surface area contributed by atoms with Gasteiger partial charge in [-0.05, 0) is 30.7 Å². The van der Waals surface area contributed by atoms with E-state index >= 15 is 0 Å². The minimum Gasteiger partial charge on any atom is -0.411 e. The largest absolute Gasteiger partial charge is 0.411 e. The summed E-state index contributed by atoms with van der Waals surface area (Å²) in [4.78, 5) is 10.5. The zero-order valence-electron chi connectivity index (χ0n) is 12.5. The lowest BCUT2D eigenvalue weighted by Gasteiger charge is -2.08. The van der Waals surface area contributed by atoms with Crippen LogP contribution in [0.3, 0.4) is 0 Å². The van der Waals surface area contributed by atoms with Crippen LogP contribution in [0.25, 0.3) is 11.5 Å². The average molecular weight is 362 g/mol. The maximum absolute atomic E-state index is 10.9. The molecule has 6 nitrogen and oxygen atoms in total. The SMILES string of the molecule is C[C@H](Sc1nnc(-c2cccc(Cl)c2)o1)c1cccc([N+](=O)[O-])c1. The Kier molecular flexibility index (Phi) is 4.82. The number of rotatable bonds is 5. The molecule has 0 unspecified atom stereocenters. The van der Waals surface area contributed by atoms with Crippen molar-refractivity contribution in [2.45, 2.75) is 17.4 Å². The first-order valence-electron chi connectivity index (χ1n) is 7.03. The molecule has 0 spiro atoms. The number of nitrogens with zero attached hydrogens (tertiary/aromatic N) is 3. The van der Waals surface area contributed by atoms with Crippen molar-refractivity contribution < 1.29 is 9.34 Å². The molecule has 0 aliphatic rings. The Morgan fingerprint density at radius 3 is 2.75 bits per heavy atom. The van der Waals surface area contributed by atoms with Crippen molar-refractivity contribution >= 4 is 29.1 Å². The van der Waals surface area contributed by atoms with Crippen LogP contribution >= 0.6 is 23.4 Å². The van der Waals surface area contributed by atoms with Crippen LogP contribution in [0, 0.1) is 10.1 Å². The standard InChI is InChI=1S/C16H12ClN3O3S/c1-10(11-4-3-7-14(9-11)20(21)22)24-16-19-18-15(23-16)12-5-2-6-13(17)8-12/h2-10H,1H3/t10-/m0/s1. The van der Waals surface area contributed by atoms with Crippen LogP contribution in [0.2, 0.25) is 5.02 Å². The number of benzene rings is 2. The molecule has 0 aliphatic carbocycles. The van der Waals surface area contributed by atoms with Crippen LogP contribution in [0.5, 0.6) is 0 Å². The maximum atomic E-state index is 10.9. The van der Waals surface area contributed by atoms with E-state index in [1.54, 1.807) is 30.3 Å². The van der Waals surface area contributed by atoms with Gasteiger partial charge in [0.2, 0.25) is 5.89 Å². The van der Waals surface area contributed by atoms with Gasteiger partial charge in [-0.1, -0.05) is 41.6 Å². The highest BCUT2D eigenvalue weighted by Gasteiger charge is 2.16. The minimum atomic E-state index is -0.412. The topological polar surface area (TPSA) is 82.1 Å². The van der Waals surface area contributed by atoms with Crippen molar-refractivity contribution in [3.8, 4) is 11.5 Å². The third-order valence-corrected chi connectivity index (χ3v) is 4.53. The fraction of sp³-hybridized carbons (Fsp3) is 0.125. The van der Waals surface area contributed by atoms with Gasteiger partial charge in [-0.2, -0.15) is 0 Å². The third-order valence-electron chi connectivity index (χ3n) is 3.31. The Balaban J connectivity index is 1.77. The predicted octanol–water partition coefficient (Wildman–Crippen LogP) is 5.15. The fourth-order valence-corrected chi connectivity index (χ4v) is 3.10. The van der Waals surface area contributed by atoms with E-state index in [2.05, 4.69) is 10.2 Å². The number of halogens is 1. The van der Waals surface area contributed by atoms with Crippen molar-refractivity contribution in [2.24, 2.45) is 0 Å². The lowest BCUT2D eigenvalue weighted by molar-refractivity contribution is -0.384.